The van der Waals surface area contributed by atoms with E-state index < -0.39 is 0 Å². The first-order valence-corrected chi connectivity index (χ1v) is 6.50. The van der Waals surface area contributed by atoms with Crippen LogP contribution in [0, 0.1) is 18.8 Å². The van der Waals surface area contributed by atoms with E-state index in [0.717, 1.165) is 17.5 Å². The second kappa shape index (κ2) is 4.08. The fraction of sp³-hybridized carbons (Fsp3) is 0.643. The van der Waals surface area contributed by atoms with Crippen molar-refractivity contribution < 1.29 is 0 Å². The van der Waals surface area contributed by atoms with Crippen LogP contribution in [0.25, 0.3) is 0 Å². The van der Waals surface area contributed by atoms with Crippen molar-refractivity contribution in [2.75, 3.05) is 18.0 Å². The number of rotatable bonds is 5. The SMILES string of the molecule is Cc1cccc(N(CC2CC2)CC2CC2)n1. The largest absolute Gasteiger partial charge is 0.356 e. The summed E-state index contributed by atoms with van der Waals surface area (Å²) < 4.78 is 0. The summed E-state index contributed by atoms with van der Waals surface area (Å²) in [6.07, 6.45) is 5.69. The van der Waals surface area contributed by atoms with Crippen LogP contribution in [0.2, 0.25) is 0 Å². The summed E-state index contributed by atoms with van der Waals surface area (Å²) in [5, 5.41) is 0. The molecule has 0 aromatic carbocycles. The van der Waals surface area contributed by atoms with Gasteiger partial charge in [0.2, 0.25) is 0 Å². The number of pyridine rings is 1. The average Bonchev–Trinajstić information content (AvgIpc) is 3.11. The molecule has 0 atom stereocenters. The van der Waals surface area contributed by atoms with Gasteiger partial charge in [0.1, 0.15) is 5.82 Å². The highest BCUT2D eigenvalue weighted by molar-refractivity contribution is 5.39. The number of aryl methyl sites for hydroxylation is 1. The summed E-state index contributed by atoms with van der Waals surface area (Å²) in [6.45, 7) is 4.54. The number of hydrogen-bond donors (Lipinski definition) is 0. The fourth-order valence-corrected chi connectivity index (χ4v) is 2.19. The molecule has 0 aliphatic heterocycles. The van der Waals surface area contributed by atoms with Gasteiger partial charge >= 0.3 is 0 Å². The van der Waals surface area contributed by atoms with Crippen molar-refractivity contribution in [2.45, 2.75) is 32.6 Å². The first kappa shape index (κ1) is 10.1. The molecule has 2 saturated carbocycles. The number of nitrogens with zero attached hydrogens (tertiary/aromatic N) is 2. The summed E-state index contributed by atoms with van der Waals surface area (Å²) in [5.41, 5.74) is 1.13. The Kier molecular flexibility index (Phi) is 2.58. The molecule has 86 valence electrons. The number of hydrogen-bond acceptors (Lipinski definition) is 2. The molecule has 1 heterocycles. The van der Waals surface area contributed by atoms with Crippen LogP contribution < -0.4 is 4.90 Å². The first-order chi connectivity index (χ1) is 7.81. The van der Waals surface area contributed by atoms with Gasteiger partial charge in [-0.15, -0.1) is 0 Å². The smallest absolute Gasteiger partial charge is 0.128 e. The Balaban J connectivity index is 1.73. The van der Waals surface area contributed by atoms with Gasteiger partial charge in [-0.1, -0.05) is 6.07 Å². The van der Waals surface area contributed by atoms with Gasteiger partial charge in [-0.05, 0) is 56.6 Å². The van der Waals surface area contributed by atoms with Crippen LogP contribution in [0.15, 0.2) is 18.2 Å². The van der Waals surface area contributed by atoms with E-state index in [9.17, 15) is 0 Å². The quantitative estimate of drug-likeness (QED) is 0.752. The van der Waals surface area contributed by atoms with E-state index >= 15 is 0 Å². The highest BCUT2D eigenvalue weighted by atomic mass is 15.2. The van der Waals surface area contributed by atoms with Gasteiger partial charge in [0.15, 0.2) is 0 Å². The van der Waals surface area contributed by atoms with Crippen LogP contribution in [0.5, 0.6) is 0 Å². The van der Waals surface area contributed by atoms with E-state index in [1.165, 1.54) is 44.6 Å². The van der Waals surface area contributed by atoms with Crippen molar-refractivity contribution in [3.8, 4) is 0 Å². The average molecular weight is 216 g/mol. The molecule has 16 heavy (non-hydrogen) atoms. The Morgan fingerprint density at radius 2 is 1.75 bits per heavy atom. The maximum absolute atomic E-state index is 4.66. The third-order valence-corrected chi connectivity index (χ3v) is 3.55. The molecule has 0 radical (unpaired) electrons. The van der Waals surface area contributed by atoms with Gasteiger partial charge in [0.25, 0.3) is 0 Å². The summed E-state index contributed by atoms with van der Waals surface area (Å²) >= 11 is 0. The lowest BCUT2D eigenvalue weighted by Crippen LogP contribution is -2.28. The van der Waals surface area contributed by atoms with Crippen molar-refractivity contribution in [1.29, 1.82) is 0 Å². The summed E-state index contributed by atoms with van der Waals surface area (Å²) in [7, 11) is 0. The standard InChI is InChI=1S/C14H20N2/c1-11-3-2-4-14(15-11)16(9-12-5-6-12)10-13-7-8-13/h2-4,12-13H,5-10H2,1H3. The van der Waals surface area contributed by atoms with Gasteiger partial charge in [-0.3, -0.25) is 0 Å². The lowest BCUT2D eigenvalue weighted by Gasteiger charge is -2.23. The molecule has 2 aliphatic carbocycles. The van der Waals surface area contributed by atoms with Crippen molar-refractivity contribution >= 4 is 5.82 Å². The van der Waals surface area contributed by atoms with E-state index in [1.54, 1.807) is 0 Å². The molecule has 2 heteroatoms. The second-order valence-electron chi connectivity index (χ2n) is 5.43. The lowest BCUT2D eigenvalue weighted by atomic mass is 10.3. The van der Waals surface area contributed by atoms with Crippen molar-refractivity contribution in [3.05, 3.63) is 23.9 Å². The van der Waals surface area contributed by atoms with Crippen LogP contribution >= 0.6 is 0 Å². The van der Waals surface area contributed by atoms with Crippen LogP contribution in [0.3, 0.4) is 0 Å². The highest BCUT2D eigenvalue weighted by Crippen LogP contribution is 2.35. The zero-order chi connectivity index (χ0) is 11.0. The zero-order valence-electron chi connectivity index (χ0n) is 10.0. The van der Waals surface area contributed by atoms with Gasteiger partial charge in [0.05, 0.1) is 0 Å². The topological polar surface area (TPSA) is 16.1 Å². The van der Waals surface area contributed by atoms with E-state index in [4.69, 9.17) is 0 Å². The molecule has 2 fully saturated rings. The number of anilines is 1. The Labute approximate surface area is 97.7 Å². The molecular formula is C14H20N2. The maximum Gasteiger partial charge on any atom is 0.128 e. The van der Waals surface area contributed by atoms with Crippen LogP contribution in [0.1, 0.15) is 31.4 Å². The first-order valence-electron chi connectivity index (χ1n) is 6.50. The minimum atomic E-state index is 0.945. The third kappa shape index (κ3) is 2.55. The lowest BCUT2D eigenvalue weighted by molar-refractivity contribution is 0.670. The molecule has 0 amide bonds. The summed E-state index contributed by atoms with van der Waals surface area (Å²) in [6, 6.07) is 6.37. The van der Waals surface area contributed by atoms with Crippen molar-refractivity contribution in [3.63, 3.8) is 0 Å². The Morgan fingerprint density at radius 1 is 1.12 bits per heavy atom. The van der Waals surface area contributed by atoms with Gasteiger partial charge < -0.3 is 4.90 Å². The molecule has 0 saturated heterocycles. The minimum Gasteiger partial charge on any atom is -0.356 e. The van der Waals surface area contributed by atoms with E-state index in [-0.39, 0.29) is 0 Å². The summed E-state index contributed by atoms with van der Waals surface area (Å²) in [5.74, 6) is 3.08. The molecule has 0 N–H and O–H groups in total. The Morgan fingerprint density at radius 3 is 2.25 bits per heavy atom. The fourth-order valence-electron chi connectivity index (χ4n) is 2.19. The Bertz CT molecular complexity index is 353. The third-order valence-electron chi connectivity index (χ3n) is 3.55. The monoisotopic (exact) mass is 216 g/mol. The molecular weight excluding hydrogens is 196 g/mol. The predicted octanol–water partition coefficient (Wildman–Crippen LogP) is 3.02. The molecule has 1 aromatic rings. The predicted molar refractivity (Wildman–Crippen MR) is 66.6 cm³/mol. The van der Waals surface area contributed by atoms with E-state index in [1.807, 2.05) is 0 Å². The van der Waals surface area contributed by atoms with Gasteiger partial charge in [-0.25, -0.2) is 4.98 Å². The van der Waals surface area contributed by atoms with E-state index in [2.05, 4.69) is 35.0 Å². The normalized spacial score (nSPS) is 19.8. The molecule has 1 aromatic heterocycles. The van der Waals surface area contributed by atoms with Crippen molar-refractivity contribution in [1.82, 2.24) is 4.98 Å². The Hall–Kier alpha value is -1.05. The van der Waals surface area contributed by atoms with Crippen molar-refractivity contribution in [2.24, 2.45) is 11.8 Å². The van der Waals surface area contributed by atoms with Crippen LogP contribution in [-0.2, 0) is 0 Å². The molecule has 2 nitrogen and oxygen atoms in total. The second-order valence-corrected chi connectivity index (χ2v) is 5.43. The summed E-state index contributed by atoms with van der Waals surface area (Å²) in [4.78, 5) is 7.18. The maximum atomic E-state index is 4.66. The zero-order valence-corrected chi connectivity index (χ0v) is 10.0. The van der Waals surface area contributed by atoms with Gasteiger partial charge in [-0.2, -0.15) is 0 Å². The molecule has 3 rings (SSSR count). The number of aromatic nitrogens is 1. The van der Waals surface area contributed by atoms with Gasteiger partial charge in [0, 0.05) is 18.8 Å². The van der Waals surface area contributed by atoms with Crippen LogP contribution in [-0.4, -0.2) is 18.1 Å². The van der Waals surface area contributed by atoms with Crippen LogP contribution in [0.4, 0.5) is 5.82 Å². The molecule has 2 aliphatic rings. The highest BCUT2D eigenvalue weighted by Gasteiger charge is 2.29. The molecule has 0 spiro atoms. The molecule has 0 bridgehead atoms. The molecule has 0 unspecified atom stereocenters. The van der Waals surface area contributed by atoms with E-state index in [0.29, 0.717) is 0 Å². The minimum absolute atomic E-state index is 0.945.